The topological polar surface area (TPSA) is 130 Å². The fourth-order valence-corrected chi connectivity index (χ4v) is 3.95. The van der Waals surface area contributed by atoms with Crippen molar-refractivity contribution in [3.05, 3.63) is 18.2 Å². The van der Waals surface area contributed by atoms with E-state index >= 15 is 0 Å². The number of sulfonamides is 2. The van der Waals surface area contributed by atoms with Crippen molar-refractivity contribution >= 4 is 31.7 Å². The van der Waals surface area contributed by atoms with Crippen molar-refractivity contribution in [1.29, 1.82) is 0 Å². The Morgan fingerprint density at radius 1 is 1.32 bits per heavy atom. The van der Waals surface area contributed by atoms with Gasteiger partial charge in [0, 0.05) is 19.7 Å². The number of carboxylic acid groups (broad SMARTS) is 1. The Kier molecular flexibility index (Phi) is 6.80. The van der Waals surface area contributed by atoms with E-state index < -0.39 is 31.9 Å². The molecule has 0 aliphatic rings. The summed E-state index contributed by atoms with van der Waals surface area (Å²) in [5, 5.41) is 8.92. The number of anilines is 1. The lowest BCUT2D eigenvalue weighted by atomic mass is 10.2. The van der Waals surface area contributed by atoms with Gasteiger partial charge in [-0.2, -0.15) is 4.31 Å². The molecule has 25 heavy (non-hydrogen) atoms. The van der Waals surface area contributed by atoms with Crippen LogP contribution in [0.3, 0.4) is 0 Å². The van der Waals surface area contributed by atoms with Crippen LogP contribution >= 0.6 is 0 Å². The van der Waals surface area contributed by atoms with E-state index in [0.717, 1.165) is 4.31 Å². The average molecular weight is 394 g/mol. The second kappa shape index (κ2) is 8.02. The Morgan fingerprint density at radius 3 is 2.40 bits per heavy atom. The van der Waals surface area contributed by atoms with Crippen molar-refractivity contribution in [2.45, 2.75) is 18.7 Å². The quantitative estimate of drug-likeness (QED) is 0.633. The molecule has 0 fully saturated rings. The molecule has 1 rings (SSSR count). The fourth-order valence-electron chi connectivity index (χ4n) is 1.93. The summed E-state index contributed by atoms with van der Waals surface area (Å²) in [5.74, 6) is -2.18. The molecule has 9 nitrogen and oxygen atoms in total. The first-order valence-corrected chi connectivity index (χ1v) is 10.4. The number of methoxy groups -OCH3 is 1. The van der Waals surface area contributed by atoms with E-state index in [2.05, 4.69) is 4.72 Å². The van der Waals surface area contributed by atoms with Gasteiger partial charge in [-0.25, -0.2) is 16.8 Å². The van der Waals surface area contributed by atoms with Gasteiger partial charge in [-0.3, -0.25) is 9.52 Å². The highest BCUT2D eigenvalue weighted by Gasteiger charge is 2.28. The highest BCUT2D eigenvalue weighted by molar-refractivity contribution is 7.92. The summed E-state index contributed by atoms with van der Waals surface area (Å²) in [6.07, 6.45) is 0. The Labute approximate surface area is 147 Å². The maximum atomic E-state index is 12.6. The van der Waals surface area contributed by atoms with Crippen LogP contribution in [-0.2, 0) is 24.8 Å². The zero-order valence-electron chi connectivity index (χ0n) is 14.4. The number of aliphatic carboxylic acids is 1. The van der Waals surface area contributed by atoms with Crippen molar-refractivity contribution in [3.8, 4) is 5.75 Å². The Morgan fingerprint density at radius 2 is 1.92 bits per heavy atom. The van der Waals surface area contributed by atoms with Gasteiger partial charge in [0.2, 0.25) is 20.0 Å². The summed E-state index contributed by atoms with van der Waals surface area (Å²) in [5.41, 5.74) is 0.166. The Hall–Kier alpha value is -1.85. The third-order valence-corrected chi connectivity index (χ3v) is 6.63. The number of rotatable bonds is 9. The van der Waals surface area contributed by atoms with Crippen LogP contribution in [0.25, 0.3) is 0 Å². The van der Waals surface area contributed by atoms with Crippen LogP contribution < -0.4 is 9.46 Å². The van der Waals surface area contributed by atoms with Crippen molar-refractivity contribution in [3.63, 3.8) is 0 Å². The highest BCUT2D eigenvalue weighted by Crippen LogP contribution is 2.30. The van der Waals surface area contributed by atoms with Gasteiger partial charge in [-0.05, 0) is 19.1 Å². The maximum Gasteiger partial charge on any atom is 0.307 e. The zero-order chi connectivity index (χ0) is 19.4. The summed E-state index contributed by atoms with van der Waals surface area (Å²) in [4.78, 5) is 10.7. The molecular formula is C14H22N2O7S2. The molecule has 1 aromatic rings. The number of nitrogens with zero attached hydrogens (tertiary/aromatic N) is 1. The number of ether oxygens (including phenoxy) is 1. The second-order valence-corrected chi connectivity index (χ2v) is 9.42. The molecule has 1 aromatic carbocycles. The van der Waals surface area contributed by atoms with E-state index in [1.807, 2.05) is 0 Å². The third-order valence-electron chi connectivity index (χ3n) is 3.46. The standard InChI is InChI=1S/C14H22N2O7S2/c1-5-24(19,20)15-11-6-7-13(12(8-11)23-4)25(21,22)16(3)9-10(2)14(17)18/h6-8,10,15H,5,9H2,1-4H3,(H,17,18). The molecule has 0 spiro atoms. The van der Waals surface area contributed by atoms with Gasteiger partial charge in [-0.1, -0.05) is 6.92 Å². The van der Waals surface area contributed by atoms with Crippen LogP contribution in [0.5, 0.6) is 5.75 Å². The lowest BCUT2D eigenvalue weighted by Gasteiger charge is -2.21. The van der Waals surface area contributed by atoms with Gasteiger partial charge in [0.25, 0.3) is 0 Å². The van der Waals surface area contributed by atoms with Crippen LogP contribution in [0.1, 0.15) is 13.8 Å². The first kappa shape index (κ1) is 21.2. The van der Waals surface area contributed by atoms with Crippen molar-refractivity contribution in [1.82, 2.24) is 4.31 Å². The van der Waals surface area contributed by atoms with E-state index in [9.17, 15) is 21.6 Å². The van der Waals surface area contributed by atoms with Gasteiger partial charge >= 0.3 is 5.97 Å². The maximum absolute atomic E-state index is 12.6. The van der Waals surface area contributed by atoms with E-state index in [0.29, 0.717) is 0 Å². The molecular weight excluding hydrogens is 372 g/mol. The second-order valence-electron chi connectivity index (χ2n) is 5.40. The minimum absolute atomic E-state index is 0.0499. The predicted molar refractivity (Wildman–Crippen MR) is 92.7 cm³/mol. The van der Waals surface area contributed by atoms with Gasteiger partial charge in [0.05, 0.1) is 24.5 Å². The van der Waals surface area contributed by atoms with Gasteiger partial charge in [-0.15, -0.1) is 0 Å². The summed E-state index contributed by atoms with van der Waals surface area (Å²) in [7, 11) is -5.00. The summed E-state index contributed by atoms with van der Waals surface area (Å²) >= 11 is 0. The summed E-state index contributed by atoms with van der Waals surface area (Å²) in [6, 6.07) is 3.77. The molecule has 0 bridgehead atoms. The predicted octanol–water partition coefficient (Wildman–Crippen LogP) is 0.798. The number of hydrogen-bond donors (Lipinski definition) is 2. The molecule has 0 aliphatic heterocycles. The number of hydrogen-bond acceptors (Lipinski definition) is 6. The van der Waals surface area contributed by atoms with Crippen LogP contribution in [0.2, 0.25) is 0 Å². The van der Waals surface area contributed by atoms with Crippen LogP contribution in [0.15, 0.2) is 23.1 Å². The molecule has 0 radical (unpaired) electrons. The lowest BCUT2D eigenvalue weighted by molar-refractivity contribution is -0.141. The monoisotopic (exact) mass is 394 g/mol. The van der Waals surface area contributed by atoms with Crippen LogP contribution in [-0.4, -0.2) is 58.7 Å². The van der Waals surface area contributed by atoms with E-state index in [-0.39, 0.29) is 28.6 Å². The molecule has 142 valence electrons. The van der Waals surface area contributed by atoms with Gasteiger partial charge < -0.3 is 9.84 Å². The molecule has 0 saturated heterocycles. The molecule has 1 atom stereocenters. The molecule has 0 aromatic heterocycles. The number of nitrogens with one attached hydrogen (secondary N) is 1. The van der Waals surface area contributed by atoms with Gasteiger partial charge in [0.1, 0.15) is 10.6 Å². The first-order valence-electron chi connectivity index (χ1n) is 7.32. The number of carbonyl (C=O) groups is 1. The largest absolute Gasteiger partial charge is 0.495 e. The smallest absolute Gasteiger partial charge is 0.307 e. The fraction of sp³-hybridized carbons (Fsp3) is 0.500. The minimum atomic E-state index is -4.01. The Bertz CT molecular complexity index is 835. The molecule has 0 heterocycles. The first-order chi connectivity index (χ1) is 11.4. The molecule has 11 heteroatoms. The summed E-state index contributed by atoms with van der Waals surface area (Å²) < 4.78 is 56.8. The van der Waals surface area contributed by atoms with E-state index in [4.69, 9.17) is 9.84 Å². The molecule has 0 saturated carbocycles. The zero-order valence-corrected chi connectivity index (χ0v) is 16.0. The van der Waals surface area contributed by atoms with Gasteiger partial charge in [0.15, 0.2) is 0 Å². The number of carboxylic acids is 1. The Balaban J connectivity index is 3.21. The molecule has 0 amide bonds. The molecule has 0 aliphatic carbocycles. The van der Waals surface area contributed by atoms with E-state index in [1.54, 1.807) is 0 Å². The highest BCUT2D eigenvalue weighted by atomic mass is 32.2. The van der Waals surface area contributed by atoms with Crippen molar-refractivity contribution < 1.29 is 31.5 Å². The van der Waals surface area contributed by atoms with Crippen LogP contribution in [0, 0.1) is 5.92 Å². The average Bonchev–Trinajstić information content (AvgIpc) is 2.53. The number of benzene rings is 1. The van der Waals surface area contributed by atoms with Crippen LogP contribution in [0.4, 0.5) is 5.69 Å². The molecule has 1 unspecified atom stereocenters. The van der Waals surface area contributed by atoms with Crippen molar-refractivity contribution in [2.24, 2.45) is 5.92 Å². The minimum Gasteiger partial charge on any atom is -0.495 e. The van der Waals surface area contributed by atoms with E-state index in [1.165, 1.54) is 46.2 Å². The molecule has 2 N–H and O–H groups in total. The third kappa shape index (κ3) is 5.31. The van der Waals surface area contributed by atoms with Crippen molar-refractivity contribution in [2.75, 3.05) is 31.2 Å². The summed E-state index contributed by atoms with van der Waals surface area (Å²) in [6.45, 7) is 2.65. The SMILES string of the molecule is CCS(=O)(=O)Nc1ccc(S(=O)(=O)N(C)CC(C)C(=O)O)c(OC)c1. The normalized spacial score (nSPS) is 13.5. The lowest BCUT2D eigenvalue weighted by Crippen LogP contribution is -2.34.